The predicted octanol–water partition coefficient (Wildman–Crippen LogP) is 6.93. The van der Waals surface area contributed by atoms with Crippen molar-refractivity contribution < 1.29 is 14.3 Å². The molecule has 3 aromatic carbocycles. The lowest BCUT2D eigenvalue weighted by molar-refractivity contribution is -0.139. The van der Waals surface area contributed by atoms with Crippen LogP contribution in [0, 0.1) is 0 Å². The van der Waals surface area contributed by atoms with Gasteiger partial charge in [-0.1, -0.05) is 98.7 Å². The van der Waals surface area contributed by atoms with Gasteiger partial charge in [-0.15, -0.1) is 0 Å². The molecule has 0 bridgehead atoms. The minimum absolute atomic E-state index is 0.202. The van der Waals surface area contributed by atoms with Crippen molar-refractivity contribution in [1.82, 2.24) is 4.57 Å². The van der Waals surface area contributed by atoms with E-state index >= 15 is 0 Å². The number of nitrogens with zero attached hydrogens (tertiary/aromatic N) is 2. The summed E-state index contributed by atoms with van der Waals surface area (Å²) in [7, 11) is 0. The van der Waals surface area contributed by atoms with Crippen LogP contribution in [0.1, 0.15) is 74.8 Å². The molecule has 4 aromatic rings. The van der Waals surface area contributed by atoms with Gasteiger partial charge in [-0.3, -0.25) is 9.36 Å². The molecule has 5 rings (SSSR count). The van der Waals surface area contributed by atoms with Crippen LogP contribution in [0.15, 0.2) is 93.9 Å². The van der Waals surface area contributed by atoms with Gasteiger partial charge in [-0.2, -0.15) is 0 Å². The van der Waals surface area contributed by atoms with Gasteiger partial charge in [0.05, 0.1) is 28.5 Å². The molecular weight excluding hydrogens is 580 g/mol. The number of benzene rings is 3. The van der Waals surface area contributed by atoms with Crippen LogP contribution in [0.25, 0.3) is 6.08 Å². The summed E-state index contributed by atoms with van der Waals surface area (Å²) >= 11 is 7.32. The van der Waals surface area contributed by atoms with Crippen molar-refractivity contribution in [2.24, 2.45) is 4.99 Å². The Labute approximate surface area is 260 Å². The Balaban J connectivity index is 1.57. The van der Waals surface area contributed by atoms with Crippen molar-refractivity contribution in [1.29, 1.82) is 0 Å². The van der Waals surface area contributed by atoms with E-state index in [0.29, 0.717) is 50.3 Å². The molecule has 6 nitrogen and oxygen atoms in total. The summed E-state index contributed by atoms with van der Waals surface area (Å²) in [5.74, 6) is 0.611. The molecule has 2 heterocycles. The maximum atomic E-state index is 14.1. The Kier molecular flexibility index (Phi) is 9.63. The van der Waals surface area contributed by atoms with Gasteiger partial charge in [-0.05, 0) is 71.9 Å². The molecule has 8 heteroatoms. The van der Waals surface area contributed by atoms with Crippen molar-refractivity contribution in [3.63, 3.8) is 0 Å². The van der Waals surface area contributed by atoms with Crippen LogP contribution in [0.5, 0.6) is 5.75 Å². The number of ether oxygens (including phenoxy) is 2. The second-order valence-corrected chi connectivity index (χ2v) is 12.2. The number of rotatable bonds is 10. The summed E-state index contributed by atoms with van der Waals surface area (Å²) < 4.78 is 13.7. The molecule has 1 aliphatic rings. The highest BCUT2D eigenvalue weighted by molar-refractivity contribution is 7.07. The first-order chi connectivity index (χ1) is 20.8. The van der Waals surface area contributed by atoms with E-state index in [1.54, 1.807) is 11.5 Å². The van der Waals surface area contributed by atoms with E-state index in [1.807, 2.05) is 66.7 Å². The highest BCUT2D eigenvalue weighted by atomic mass is 35.5. The first kappa shape index (κ1) is 30.5. The highest BCUT2D eigenvalue weighted by Crippen LogP contribution is 2.33. The van der Waals surface area contributed by atoms with E-state index in [1.165, 1.54) is 16.9 Å². The predicted molar refractivity (Wildman–Crippen MR) is 172 cm³/mol. The molecule has 43 heavy (non-hydrogen) atoms. The fraction of sp³-hybridized carbons (Fsp3) is 0.286. The number of thiazole rings is 1. The van der Waals surface area contributed by atoms with E-state index in [0.717, 1.165) is 23.1 Å². The number of halogens is 1. The van der Waals surface area contributed by atoms with Crippen LogP contribution in [-0.2, 0) is 16.1 Å². The monoisotopic (exact) mass is 614 g/mol. The lowest BCUT2D eigenvalue weighted by Crippen LogP contribution is -2.40. The fourth-order valence-corrected chi connectivity index (χ4v) is 6.24. The van der Waals surface area contributed by atoms with Crippen molar-refractivity contribution >= 4 is 35.0 Å². The van der Waals surface area contributed by atoms with Gasteiger partial charge in [-0.25, -0.2) is 9.79 Å². The first-order valence-corrected chi connectivity index (χ1v) is 15.8. The fourth-order valence-electron chi connectivity index (χ4n) is 5.09. The quantitative estimate of drug-likeness (QED) is 0.182. The van der Waals surface area contributed by atoms with E-state index in [2.05, 4.69) is 32.9 Å². The summed E-state index contributed by atoms with van der Waals surface area (Å²) in [6, 6.07) is 22.7. The van der Waals surface area contributed by atoms with Crippen LogP contribution in [-0.4, -0.2) is 17.1 Å². The third-order valence-corrected chi connectivity index (χ3v) is 8.52. The first-order valence-electron chi connectivity index (χ1n) is 14.6. The molecular formula is C35H35ClN2O4S. The van der Waals surface area contributed by atoms with Gasteiger partial charge in [0.2, 0.25) is 0 Å². The van der Waals surface area contributed by atoms with E-state index in [4.69, 9.17) is 26.1 Å². The van der Waals surface area contributed by atoms with Crippen molar-refractivity contribution in [3.8, 4) is 5.75 Å². The van der Waals surface area contributed by atoms with Crippen LogP contribution >= 0.6 is 22.9 Å². The molecule has 222 valence electrons. The average molecular weight is 615 g/mol. The van der Waals surface area contributed by atoms with Gasteiger partial charge >= 0.3 is 5.97 Å². The number of hydrogen-bond donors (Lipinski definition) is 0. The molecule has 0 spiro atoms. The Hall–Kier alpha value is -3.94. The molecule has 0 amide bonds. The summed E-state index contributed by atoms with van der Waals surface area (Å²) in [5.41, 5.74) is 4.76. The summed E-state index contributed by atoms with van der Waals surface area (Å²) in [5, 5.41) is 0.679. The third kappa shape index (κ3) is 6.84. The molecule has 0 aliphatic carbocycles. The lowest BCUT2D eigenvalue weighted by Gasteiger charge is -2.26. The van der Waals surface area contributed by atoms with E-state index in [-0.39, 0.29) is 12.2 Å². The number of fused-ring (bicyclic) bond motifs is 1. The zero-order chi connectivity index (χ0) is 30.5. The van der Waals surface area contributed by atoms with Gasteiger partial charge in [0.1, 0.15) is 12.4 Å². The van der Waals surface area contributed by atoms with Crippen molar-refractivity contribution in [2.45, 2.75) is 59.1 Å². The second-order valence-electron chi connectivity index (χ2n) is 10.7. The van der Waals surface area contributed by atoms with Crippen LogP contribution in [0.4, 0.5) is 0 Å². The summed E-state index contributed by atoms with van der Waals surface area (Å²) in [4.78, 5) is 32.9. The minimum Gasteiger partial charge on any atom is -0.489 e. The van der Waals surface area contributed by atoms with Crippen LogP contribution in [0.3, 0.4) is 0 Å². The van der Waals surface area contributed by atoms with E-state index < -0.39 is 12.0 Å². The van der Waals surface area contributed by atoms with Crippen molar-refractivity contribution in [2.75, 3.05) is 6.61 Å². The average Bonchev–Trinajstić information content (AvgIpc) is 3.30. The topological polar surface area (TPSA) is 69.9 Å². The SMILES string of the molecule is CCCC1=C(C(=O)OCC)[C@@H](c2ccc(C(C)C)cc2)n2c(s/c(=C/c3cccc(OCc4ccc(Cl)cc4)c3)c2=O)=N1. The Morgan fingerprint density at radius 2 is 1.81 bits per heavy atom. The molecule has 1 aliphatic heterocycles. The van der Waals surface area contributed by atoms with Crippen molar-refractivity contribution in [3.05, 3.63) is 131 Å². The molecule has 0 N–H and O–H groups in total. The summed E-state index contributed by atoms with van der Waals surface area (Å²) in [6.07, 6.45) is 3.26. The van der Waals surface area contributed by atoms with E-state index in [9.17, 15) is 9.59 Å². The zero-order valence-corrected chi connectivity index (χ0v) is 26.4. The lowest BCUT2D eigenvalue weighted by atomic mass is 9.92. The molecule has 1 atom stereocenters. The third-order valence-electron chi connectivity index (χ3n) is 7.29. The molecule has 0 unspecified atom stereocenters. The number of esters is 1. The summed E-state index contributed by atoms with van der Waals surface area (Å²) in [6.45, 7) is 8.75. The smallest absolute Gasteiger partial charge is 0.338 e. The number of hydrogen-bond acceptors (Lipinski definition) is 6. The van der Waals surface area contributed by atoms with Crippen LogP contribution in [0.2, 0.25) is 5.02 Å². The second kappa shape index (κ2) is 13.6. The van der Waals surface area contributed by atoms with Crippen LogP contribution < -0.4 is 19.6 Å². The van der Waals surface area contributed by atoms with Gasteiger partial charge < -0.3 is 9.47 Å². The number of carbonyl (C=O) groups excluding carboxylic acids is 1. The Morgan fingerprint density at radius 3 is 2.49 bits per heavy atom. The molecule has 1 aromatic heterocycles. The molecule has 0 saturated carbocycles. The van der Waals surface area contributed by atoms with Gasteiger partial charge in [0, 0.05) is 5.02 Å². The maximum Gasteiger partial charge on any atom is 0.338 e. The number of allylic oxidation sites excluding steroid dienone is 1. The maximum absolute atomic E-state index is 14.1. The largest absolute Gasteiger partial charge is 0.489 e. The molecule has 0 fully saturated rings. The number of aromatic nitrogens is 1. The Morgan fingerprint density at radius 1 is 1.07 bits per heavy atom. The normalized spacial score (nSPS) is 14.9. The van der Waals surface area contributed by atoms with Gasteiger partial charge in [0.25, 0.3) is 5.56 Å². The van der Waals surface area contributed by atoms with Gasteiger partial charge in [0.15, 0.2) is 4.80 Å². The highest BCUT2D eigenvalue weighted by Gasteiger charge is 2.34. The number of carbonyl (C=O) groups is 1. The minimum atomic E-state index is -0.630. The molecule has 0 radical (unpaired) electrons. The Bertz CT molecular complexity index is 1820. The molecule has 0 saturated heterocycles. The zero-order valence-electron chi connectivity index (χ0n) is 24.8. The standard InChI is InChI=1S/C35H35ClN2O4S/c1-5-8-29-31(34(40)41-6-2)32(26-15-13-25(14-16-26)22(3)4)38-33(39)30(43-35(38)37-29)20-24-9-7-10-28(19-24)42-21-23-11-17-27(36)18-12-23/h7,9-20,22,32H,5-6,8,21H2,1-4H3/b30-20+/t32-/m1/s1.